The first-order valence-electron chi connectivity index (χ1n) is 5.94. The summed E-state index contributed by atoms with van der Waals surface area (Å²) in [5.74, 6) is 0.589. The Kier molecular flexibility index (Phi) is 2.55. The van der Waals surface area contributed by atoms with E-state index in [0.29, 0.717) is 23.6 Å². The third-order valence-electron chi connectivity index (χ3n) is 3.13. The van der Waals surface area contributed by atoms with E-state index < -0.39 is 0 Å². The lowest BCUT2D eigenvalue weighted by atomic mass is 10.3. The third kappa shape index (κ3) is 1.76. The van der Waals surface area contributed by atoms with E-state index in [-0.39, 0.29) is 11.7 Å². The Morgan fingerprint density at radius 1 is 1.56 bits per heavy atom. The number of morpholine rings is 1. The lowest BCUT2D eigenvalue weighted by molar-refractivity contribution is 0.0526. The first-order valence-corrected chi connectivity index (χ1v) is 5.94. The number of hydrogen-bond acceptors (Lipinski definition) is 5. The second kappa shape index (κ2) is 4.09. The van der Waals surface area contributed by atoms with Crippen LogP contribution in [0.2, 0.25) is 0 Å². The Morgan fingerprint density at radius 3 is 3.17 bits per heavy atom. The number of aromatic nitrogens is 4. The largest absolute Gasteiger partial charge is 0.375 e. The van der Waals surface area contributed by atoms with Crippen molar-refractivity contribution in [2.24, 2.45) is 7.05 Å². The minimum Gasteiger partial charge on any atom is -0.375 e. The number of hydrogen-bond donors (Lipinski definition) is 1. The molecule has 0 unspecified atom stereocenters. The molecule has 1 atom stereocenters. The van der Waals surface area contributed by atoms with Crippen molar-refractivity contribution in [3.63, 3.8) is 0 Å². The molecule has 1 aliphatic rings. The van der Waals surface area contributed by atoms with Crippen molar-refractivity contribution in [2.75, 3.05) is 24.6 Å². The molecule has 2 aromatic heterocycles. The summed E-state index contributed by atoms with van der Waals surface area (Å²) in [5, 5.41) is 4.56. The molecule has 3 rings (SSSR count). The van der Waals surface area contributed by atoms with Gasteiger partial charge >= 0.3 is 0 Å². The van der Waals surface area contributed by atoms with Gasteiger partial charge in [-0.3, -0.25) is 14.5 Å². The van der Waals surface area contributed by atoms with Gasteiger partial charge in [0, 0.05) is 20.1 Å². The van der Waals surface area contributed by atoms with Gasteiger partial charge in [0.1, 0.15) is 5.39 Å². The summed E-state index contributed by atoms with van der Waals surface area (Å²) in [6.45, 7) is 4.12. The molecule has 0 amide bonds. The maximum absolute atomic E-state index is 11.9. The summed E-state index contributed by atoms with van der Waals surface area (Å²) < 4.78 is 7.09. The van der Waals surface area contributed by atoms with Crippen molar-refractivity contribution in [1.29, 1.82) is 0 Å². The van der Waals surface area contributed by atoms with Crippen LogP contribution in [0.4, 0.5) is 5.95 Å². The minimum atomic E-state index is -0.151. The standard InChI is InChI=1S/C11H15N5O2/c1-7-6-16(3-4-18-7)11-13-9-8(10(17)14-11)5-12-15(9)2/h5,7H,3-4,6H2,1-2H3,(H,13,14,17)/t7-/m1/s1. The number of nitrogens with zero attached hydrogens (tertiary/aromatic N) is 4. The highest BCUT2D eigenvalue weighted by Gasteiger charge is 2.20. The lowest BCUT2D eigenvalue weighted by Crippen LogP contribution is -2.42. The number of H-pyrrole nitrogens is 1. The van der Waals surface area contributed by atoms with E-state index in [1.54, 1.807) is 11.7 Å². The van der Waals surface area contributed by atoms with Gasteiger partial charge in [-0.05, 0) is 6.92 Å². The fourth-order valence-corrected chi connectivity index (χ4v) is 2.18. The van der Waals surface area contributed by atoms with Gasteiger partial charge in [0.2, 0.25) is 5.95 Å². The smallest absolute Gasteiger partial charge is 0.263 e. The van der Waals surface area contributed by atoms with E-state index in [0.717, 1.165) is 13.1 Å². The molecule has 0 radical (unpaired) electrons. The number of nitrogens with one attached hydrogen (secondary N) is 1. The van der Waals surface area contributed by atoms with Crippen molar-refractivity contribution in [1.82, 2.24) is 19.7 Å². The van der Waals surface area contributed by atoms with Crippen LogP contribution in [0.25, 0.3) is 11.0 Å². The molecule has 3 heterocycles. The highest BCUT2D eigenvalue weighted by Crippen LogP contribution is 2.14. The molecule has 7 heteroatoms. The van der Waals surface area contributed by atoms with Crippen molar-refractivity contribution in [3.8, 4) is 0 Å². The summed E-state index contributed by atoms with van der Waals surface area (Å²) in [6.07, 6.45) is 1.68. The molecule has 96 valence electrons. The molecular formula is C11H15N5O2. The maximum Gasteiger partial charge on any atom is 0.263 e. The average molecular weight is 249 g/mol. The first kappa shape index (κ1) is 11.2. The van der Waals surface area contributed by atoms with Crippen LogP contribution in [-0.2, 0) is 11.8 Å². The van der Waals surface area contributed by atoms with E-state index in [9.17, 15) is 4.79 Å². The van der Waals surface area contributed by atoms with Crippen LogP contribution >= 0.6 is 0 Å². The molecule has 1 saturated heterocycles. The van der Waals surface area contributed by atoms with Gasteiger partial charge in [-0.25, -0.2) is 0 Å². The SMILES string of the molecule is C[C@@H]1CN(c2nc3c(cnn3C)c(=O)[nH]2)CCO1. The normalized spacial score (nSPS) is 20.6. The van der Waals surface area contributed by atoms with Gasteiger partial charge in [0.15, 0.2) is 5.65 Å². The van der Waals surface area contributed by atoms with Crippen LogP contribution in [0.3, 0.4) is 0 Å². The second-order valence-electron chi connectivity index (χ2n) is 4.52. The number of fused-ring (bicyclic) bond motifs is 1. The number of ether oxygens (including phenoxy) is 1. The van der Waals surface area contributed by atoms with Crippen LogP contribution < -0.4 is 10.5 Å². The van der Waals surface area contributed by atoms with E-state index in [1.165, 1.54) is 6.20 Å². The molecule has 0 bridgehead atoms. The Hall–Kier alpha value is -1.89. The number of anilines is 1. The monoisotopic (exact) mass is 249 g/mol. The number of aromatic amines is 1. The highest BCUT2D eigenvalue weighted by atomic mass is 16.5. The quantitative estimate of drug-likeness (QED) is 0.762. The molecule has 2 aromatic rings. The average Bonchev–Trinajstić information content (AvgIpc) is 2.72. The second-order valence-corrected chi connectivity index (χ2v) is 4.52. The first-order chi connectivity index (χ1) is 8.65. The molecule has 0 aromatic carbocycles. The van der Waals surface area contributed by atoms with Gasteiger partial charge in [-0.15, -0.1) is 0 Å². The summed E-state index contributed by atoms with van der Waals surface area (Å²) >= 11 is 0. The van der Waals surface area contributed by atoms with Gasteiger partial charge in [-0.1, -0.05) is 0 Å². The van der Waals surface area contributed by atoms with Crippen LogP contribution in [0, 0.1) is 0 Å². The molecule has 7 nitrogen and oxygen atoms in total. The van der Waals surface area contributed by atoms with Gasteiger partial charge in [-0.2, -0.15) is 10.1 Å². The third-order valence-corrected chi connectivity index (χ3v) is 3.13. The lowest BCUT2D eigenvalue weighted by Gasteiger charge is -2.31. The predicted octanol–water partition coefficient (Wildman–Crippen LogP) is -0.118. The number of rotatable bonds is 1. The topological polar surface area (TPSA) is 76.0 Å². The van der Waals surface area contributed by atoms with Crippen LogP contribution in [-0.4, -0.2) is 45.5 Å². The predicted molar refractivity (Wildman–Crippen MR) is 66.8 cm³/mol. The van der Waals surface area contributed by atoms with E-state index >= 15 is 0 Å². The Balaban J connectivity index is 2.06. The van der Waals surface area contributed by atoms with Crippen molar-refractivity contribution in [3.05, 3.63) is 16.6 Å². The Labute approximate surface area is 103 Å². The van der Waals surface area contributed by atoms with Crippen LogP contribution in [0.15, 0.2) is 11.0 Å². The molecule has 0 spiro atoms. The molecule has 18 heavy (non-hydrogen) atoms. The zero-order valence-electron chi connectivity index (χ0n) is 10.4. The van der Waals surface area contributed by atoms with Crippen molar-refractivity contribution >= 4 is 17.0 Å². The molecule has 1 N–H and O–H groups in total. The van der Waals surface area contributed by atoms with Crippen LogP contribution in [0.1, 0.15) is 6.92 Å². The molecular weight excluding hydrogens is 234 g/mol. The maximum atomic E-state index is 11.9. The zero-order chi connectivity index (χ0) is 12.7. The fraction of sp³-hybridized carbons (Fsp3) is 0.545. The van der Waals surface area contributed by atoms with Gasteiger partial charge in [0.25, 0.3) is 5.56 Å². The summed E-state index contributed by atoms with van der Waals surface area (Å²) in [5.41, 5.74) is 0.454. The zero-order valence-corrected chi connectivity index (χ0v) is 10.4. The number of aryl methyl sites for hydroxylation is 1. The molecule has 0 aliphatic carbocycles. The Bertz CT molecular complexity index is 632. The van der Waals surface area contributed by atoms with Crippen molar-refractivity contribution < 1.29 is 4.74 Å². The fourth-order valence-electron chi connectivity index (χ4n) is 2.18. The summed E-state index contributed by atoms with van der Waals surface area (Å²) in [7, 11) is 1.78. The Morgan fingerprint density at radius 2 is 2.39 bits per heavy atom. The van der Waals surface area contributed by atoms with Crippen LogP contribution in [0.5, 0.6) is 0 Å². The van der Waals surface area contributed by atoms with E-state index in [2.05, 4.69) is 15.1 Å². The minimum absolute atomic E-state index is 0.145. The summed E-state index contributed by atoms with van der Waals surface area (Å²) in [6, 6.07) is 0. The molecule has 1 aliphatic heterocycles. The van der Waals surface area contributed by atoms with Crippen molar-refractivity contribution in [2.45, 2.75) is 13.0 Å². The van der Waals surface area contributed by atoms with Gasteiger partial charge < -0.3 is 9.64 Å². The summed E-state index contributed by atoms with van der Waals surface area (Å²) in [4.78, 5) is 21.2. The van der Waals surface area contributed by atoms with E-state index in [1.807, 2.05) is 11.8 Å². The highest BCUT2D eigenvalue weighted by molar-refractivity contribution is 5.74. The molecule has 0 saturated carbocycles. The molecule has 1 fully saturated rings. The van der Waals surface area contributed by atoms with E-state index in [4.69, 9.17) is 4.74 Å². The van der Waals surface area contributed by atoms with Gasteiger partial charge in [0.05, 0.1) is 18.9 Å².